The Morgan fingerprint density at radius 2 is 2.00 bits per heavy atom. The molecule has 3 nitrogen and oxygen atoms in total. The first-order valence-corrected chi connectivity index (χ1v) is 9.94. The quantitative estimate of drug-likeness (QED) is 0.733. The molecule has 3 rings (SSSR count). The van der Waals surface area contributed by atoms with Crippen LogP contribution in [-0.2, 0) is 16.6 Å². The van der Waals surface area contributed by atoms with Crippen LogP contribution in [0.3, 0.4) is 0 Å². The van der Waals surface area contributed by atoms with Crippen LogP contribution in [0.1, 0.15) is 56.3 Å². The van der Waals surface area contributed by atoms with Gasteiger partial charge in [0.25, 0.3) is 5.91 Å². The zero-order valence-electron chi connectivity index (χ0n) is 15.6. The van der Waals surface area contributed by atoms with Crippen LogP contribution >= 0.6 is 15.9 Å². The third kappa shape index (κ3) is 4.47. The number of benzene rings is 2. The summed E-state index contributed by atoms with van der Waals surface area (Å²) in [6, 6.07) is 14.5. The van der Waals surface area contributed by atoms with E-state index >= 15 is 0 Å². The smallest absolute Gasteiger partial charge is 0.258 e. The molecule has 2 aromatic carbocycles. The largest absolute Gasteiger partial charge is 0.483 e. The number of carbonyl (C=O) groups excluding carboxylic acids is 1. The van der Waals surface area contributed by atoms with Crippen LogP contribution in [0.2, 0.25) is 0 Å². The Morgan fingerprint density at radius 3 is 2.73 bits per heavy atom. The van der Waals surface area contributed by atoms with Crippen molar-refractivity contribution in [2.24, 2.45) is 0 Å². The molecule has 0 saturated heterocycles. The molecule has 4 heteroatoms. The molecule has 1 unspecified atom stereocenters. The molecule has 0 saturated carbocycles. The zero-order valence-corrected chi connectivity index (χ0v) is 17.2. The van der Waals surface area contributed by atoms with E-state index in [2.05, 4.69) is 72.3 Å². The SMILES string of the molecule is CC(C)(C)c1ccc(OCC(=O)NC2CCCc3ccccc32)c(Br)c1. The fraction of sp³-hybridized carbons (Fsp3) is 0.409. The maximum absolute atomic E-state index is 12.4. The third-order valence-electron chi connectivity index (χ3n) is 4.86. The number of hydrogen-bond donors (Lipinski definition) is 1. The van der Waals surface area contributed by atoms with Gasteiger partial charge in [-0.1, -0.05) is 51.1 Å². The summed E-state index contributed by atoms with van der Waals surface area (Å²) in [4.78, 5) is 12.4. The first kappa shape index (κ1) is 19.0. The summed E-state index contributed by atoms with van der Waals surface area (Å²) >= 11 is 3.55. The number of hydrogen-bond acceptors (Lipinski definition) is 2. The third-order valence-corrected chi connectivity index (χ3v) is 5.48. The van der Waals surface area contributed by atoms with Gasteiger partial charge in [-0.15, -0.1) is 0 Å². The maximum atomic E-state index is 12.4. The number of carbonyl (C=O) groups is 1. The van der Waals surface area contributed by atoms with Gasteiger partial charge in [0.1, 0.15) is 5.75 Å². The van der Waals surface area contributed by atoms with Gasteiger partial charge in [0.2, 0.25) is 0 Å². The first-order chi connectivity index (χ1) is 12.3. The first-order valence-electron chi connectivity index (χ1n) is 9.14. The van der Waals surface area contributed by atoms with E-state index in [0.29, 0.717) is 5.75 Å². The van der Waals surface area contributed by atoms with Gasteiger partial charge >= 0.3 is 0 Å². The van der Waals surface area contributed by atoms with Crippen molar-refractivity contribution in [3.63, 3.8) is 0 Å². The Labute approximate surface area is 164 Å². The number of aryl methyl sites for hydroxylation is 1. The van der Waals surface area contributed by atoms with Crippen molar-refractivity contribution in [1.29, 1.82) is 0 Å². The molecule has 0 aromatic heterocycles. The van der Waals surface area contributed by atoms with Crippen LogP contribution in [0.25, 0.3) is 0 Å². The molecule has 1 amide bonds. The van der Waals surface area contributed by atoms with Crippen molar-refractivity contribution < 1.29 is 9.53 Å². The Hall–Kier alpha value is -1.81. The molecule has 1 atom stereocenters. The van der Waals surface area contributed by atoms with E-state index in [4.69, 9.17) is 4.74 Å². The molecule has 0 heterocycles. The minimum atomic E-state index is -0.0847. The molecule has 0 radical (unpaired) electrons. The molecule has 1 N–H and O–H groups in total. The topological polar surface area (TPSA) is 38.3 Å². The Balaban J connectivity index is 1.60. The number of halogens is 1. The van der Waals surface area contributed by atoms with Gasteiger partial charge in [0, 0.05) is 0 Å². The van der Waals surface area contributed by atoms with Crippen molar-refractivity contribution >= 4 is 21.8 Å². The van der Waals surface area contributed by atoms with Gasteiger partial charge in [-0.2, -0.15) is 0 Å². The summed E-state index contributed by atoms with van der Waals surface area (Å²) in [5, 5.41) is 3.12. The average Bonchev–Trinajstić information content (AvgIpc) is 2.60. The molecule has 0 spiro atoms. The van der Waals surface area contributed by atoms with Crippen LogP contribution in [0, 0.1) is 0 Å². The highest BCUT2D eigenvalue weighted by molar-refractivity contribution is 9.10. The summed E-state index contributed by atoms with van der Waals surface area (Å²) in [5.74, 6) is 0.607. The Kier molecular flexibility index (Phi) is 5.71. The number of fused-ring (bicyclic) bond motifs is 1. The molecule has 0 fully saturated rings. The molecule has 138 valence electrons. The van der Waals surface area contributed by atoms with Crippen LogP contribution in [0.5, 0.6) is 5.75 Å². The molecular weight excluding hydrogens is 390 g/mol. The van der Waals surface area contributed by atoms with Gasteiger partial charge in [0.15, 0.2) is 6.61 Å². The number of amides is 1. The van der Waals surface area contributed by atoms with E-state index in [9.17, 15) is 4.79 Å². The molecule has 26 heavy (non-hydrogen) atoms. The lowest BCUT2D eigenvalue weighted by atomic mass is 9.87. The fourth-order valence-electron chi connectivity index (χ4n) is 3.37. The van der Waals surface area contributed by atoms with E-state index in [1.165, 1.54) is 16.7 Å². The van der Waals surface area contributed by atoms with E-state index in [-0.39, 0.29) is 24.0 Å². The number of ether oxygens (including phenoxy) is 1. The summed E-state index contributed by atoms with van der Waals surface area (Å²) in [5.41, 5.74) is 3.88. The summed E-state index contributed by atoms with van der Waals surface area (Å²) < 4.78 is 6.61. The number of nitrogens with one attached hydrogen (secondary N) is 1. The van der Waals surface area contributed by atoms with Crippen molar-refractivity contribution in [1.82, 2.24) is 5.32 Å². The van der Waals surface area contributed by atoms with E-state index in [1.54, 1.807) is 0 Å². The van der Waals surface area contributed by atoms with E-state index < -0.39 is 0 Å². The Bertz CT molecular complexity index is 795. The molecule has 1 aliphatic carbocycles. The van der Waals surface area contributed by atoms with Gasteiger partial charge < -0.3 is 10.1 Å². The second kappa shape index (κ2) is 7.83. The van der Waals surface area contributed by atoms with Crippen molar-refractivity contribution in [3.05, 3.63) is 63.6 Å². The second-order valence-corrected chi connectivity index (χ2v) is 8.75. The predicted octanol–water partition coefficient (Wildman–Crippen LogP) is 5.32. The fourth-order valence-corrected chi connectivity index (χ4v) is 3.86. The molecule has 2 aromatic rings. The lowest BCUT2D eigenvalue weighted by Crippen LogP contribution is -2.34. The zero-order chi connectivity index (χ0) is 18.7. The van der Waals surface area contributed by atoms with Crippen LogP contribution in [0.15, 0.2) is 46.9 Å². The lowest BCUT2D eigenvalue weighted by molar-refractivity contribution is -0.124. The van der Waals surface area contributed by atoms with Crippen molar-refractivity contribution in [3.8, 4) is 5.75 Å². The van der Waals surface area contributed by atoms with Crippen molar-refractivity contribution in [2.45, 2.75) is 51.5 Å². The minimum Gasteiger partial charge on any atom is -0.483 e. The molecule has 1 aliphatic rings. The highest BCUT2D eigenvalue weighted by Gasteiger charge is 2.21. The van der Waals surface area contributed by atoms with Gasteiger partial charge in [-0.05, 0) is 69.4 Å². The highest BCUT2D eigenvalue weighted by Crippen LogP contribution is 2.32. The summed E-state index contributed by atoms with van der Waals surface area (Å²) in [7, 11) is 0. The minimum absolute atomic E-state index is 0.0200. The monoisotopic (exact) mass is 415 g/mol. The molecule has 0 aliphatic heterocycles. The maximum Gasteiger partial charge on any atom is 0.258 e. The normalized spacial score (nSPS) is 16.7. The lowest BCUT2D eigenvalue weighted by Gasteiger charge is -2.26. The van der Waals surface area contributed by atoms with E-state index in [0.717, 1.165) is 23.7 Å². The molecule has 0 bridgehead atoms. The summed E-state index contributed by atoms with van der Waals surface area (Å²) in [6.07, 6.45) is 3.17. The standard InChI is InChI=1S/C22H26BrNO2/c1-22(2,3)16-11-12-20(18(23)13-16)26-14-21(25)24-19-10-6-8-15-7-4-5-9-17(15)19/h4-5,7,9,11-13,19H,6,8,10,14H2,1-3H3,(H,24,25). The van der Waals surface area contributed by atoms with Crippen LogP contribution < -0.4 is 10.1 Å². The number of rotatable bonds is 4. The highest BCUT2D eigenvalue weighted by atomic mass is 79.9. The summed E-state index contributed by atoms with van der Waals surface area (Å²) in [6.45, 7) is 6.53. The second-order valence-electron chi connectivity index (χ2n) is 7.90. The van der Waals surface area contributed by atoms with Crippen LogP contribution in [0.4, 0.5) is 0 Å². The Morgan fingerprint density at radius 1 is 1.23 bits per heavy atom. The predicted molar refractivity (Wildman–Crippen MR) is 109 cm³/mol. The van der Waals surface area contributed by atoms with Crippen molar-refractivity contribution in [2.75, 3.05) is 6.61 Å². The van der Waals surface area contributed by atoms with Crippen LogP contribution in [-0.4, -0.2) is 12.5 Å². The van der Waals surface area contributed by atoms with E-state index in [1.807, 2.05) is 12.1 Å². The average molecular weight is 416 g/mol. The van der Waals surface area contributed by atoms with Gasteiger partial charge in [0.05, 0.1) is 10.5 Å². The van der Waals surface area contributed by atoms with Gasteiger partial charge in [-0.25, -0.2) is 0 Å². The van der Waals surface area contributed by atoms with Gasteiger partial charge in [-0.3, -0.25) is 4.79 Å². The molecular formula is C22H26BrNO2.